The van der Waals surface area contributed by atoms with Crippen molar-refractivity contribution < 1.29 is 40.4 Å². The molecule has 0 spiro atoms. The van der Waals surface area contributed by atoms with E-state index in [1.165, 1.54) is 29.2 Å². The van der Waals surface area contributed by atoms with E-state index in [-0.39, 0.29) is 41.7 Å². The summed E-state index contributed by atoms with van der Waals surface area (Å²) in [5.74, 6) is -0.111. The summed E-state index contributed by atoms with van der Waals surface area (Å²) in [5, 5.41) is -0.540. The largest absolute Gasteiger partial charge is 0.428 e. The normalized spacial score (nSPS) is 23.7. The maximum Gasteiger partial charge on any atom is 0.428 e. The molecule has 2 aliphatic heterocycles. The van der Waals surface area contributed by atoms with Crippen molar-refractivity contribution in [2.24, 2.45) is 5.92 Å². The Morgan fingerprint density at radius 3 is 2.19 bits per heavy atom. The molecule has 0 radical (unpaired) electrons. The van der Waals surface area contributed by atoms with Crippen LogP contribution in [0.4, 0.5) is 30.7 Å². The van der Waals surface area contributed by atoms with E-state index in [0.29, 0.717) is 18.2 Å². The number of alkyl halides is 7. The molecule has 1 N–H and O–H groups in total. The maximum atomic E-state index is 15.3. The number of likely N-dealkylation sites (tertiary alicyclic amines) is 1. The lowest BCUT2D eigenvalue weighted by Crippen LogP contribution is -2.60. The lowest BCUT2D eigenvalue weighted by molar-refractivity contribution is -0.269. The highest BCUT2D eigenvalue weighted by atomic mass is 35.5. The number of carbonyl (C=O) groups is 1. The monoisotopic (exact) mass is 548 g/mol. The summed E-state index contributed by atoms with van der Waals surface area (Å²) < 4.78 is 97.6. The zero-order chi connectivity index (χ0) is 26.8. The molecule has 2 aromatic rings. The summed E-state index contributed by atoms with van der Waals surface area (Å²) in [5.41, 5.74) is -4.78. The number of nitrogens with one attached hydrogen (secondary N) is 1. The molecule has 2 fully saturated rings. The fourth-order valence-corrected chi connectivity index (χ4v) is 4.95. The summed E-state index contributed by atoms with van der Waals surface area (Å²) in [7, 11) is 0. The van der Waals surface area contributed by atoms with Crippen LogP contribution in [0.15, 0.2) is 48.5 Å². The van der Waals surface area contributed by atoms with Gasteiger partial charge in [-0.15, -0.1) is 0 Å². The Hall–Kier alpha value is -2.79. The van der Waals surface area contributed by atoms with Crippen molar-refractivity contribution in [2.75, 3.05) is 13.1 Å². The zero-order valence-electron chi connectivity index (χ0n) is 19.0. The number of amides is 1. The average Bonchev–Trinajstić information content (AvgIpc) is 3.22. The molecule has 1 atom stereocenters. The number of rotatable bonds is 4. The molecule has 4 nitrogen and oxygen atoms in total. The van der Waals surface area contributed by atoms with Crippen molar-refractivity contribution in [1.29, 1.82) is 0 Å². The van der Waals surface area contributed by atoms with Gasteiger partial charge in [0.1, 0.15) is 0 Å². The Balaban J connectivity index is 1.40. The van der Waals surface area contributed by atoms with Crippen LogP contribution in [0.25, 0.3) is 5.70 Å². The number of hydrogen-bond acceptors (Lipinski definition) is 3. The van der Waals surface area contributed by atoms with Gasteiger partial charge < -0.3 is 4.90 Å². The maximum absolute atomic E-state index is 15.3. The van der Waals surface area contributed by atoms with Crippen LogP contribution in [0.3, 0.4) is 0 Å². The first-order chi connectivity index (χ1) is 17.2. The first-order valence-corrected chi connectivity index (χ1v) is 11.8. The van der Waals surface area contributed by atoms with Crippen molar-refractivity contribution >= 4 is 23.2 Å². The van der Waals surface area contributed by atoms with Gasteiger partial charge in [-0.1, -0.05) is 42.3 Å². The first-order valence-electron chi connectivity index (χ1n) is 11.4. The fraction of sp³-hybridized carbons (Fsp3) is 0.400. The van der Waals surface area contributed by atoms with Crippen LogP contribution in [0.5, 0.6) is 0 Å². The average molecular weight is 549 g/mol. The van der Waals surface area contributed by atoms with Gasteiger partial charge in [-0.05, 0) is 48.2 Å². The molecule has 1 amide bonds. The van der Waals surface area contributed by atoms with Gasteiger partial charge in [0.05, 0.1) is 24.4 Å². The fourth-order valence-electron chi connectivity index (χ4n) is 4.71. The molecule has 3 aliphatic rings. The van der Waals surface area contributed by atoms with Crippen LogP contribution in [0.1, 0.15) is 41.5 Å². The number of halogens is 8. The molecule has 0 aromatic heterocycles. The second kappa shape index (κ2) is 8.62. The highest BCUT2D eigenvalue weighted by molar-refractivity contribution is 6.30. The molecule has 1 aliphatic carbocycles. The smallest absolute Gasteiger partial charge is 0.335 e. The zero-order valence-corrected chi connectivity index (χ0v) is 19.8. The Labute approximate surface area is 212 Å². The molecule has 5 rings (SSSR count). The van der Waals surface area contributed by atoms with Crippen molar-refractivity contribution in [2.45, 2.75) is 42.9 Å². The molecule has 1 saturated carbocycles. The van der Waals surface area contributed by atoms with Gasteiger partial charge in [0, 0.05) is 16.5 Å². The Bertz CT molecular complexity index is 1250. The SMILES string of the molecule is O=C(C1CCC1)N1CC(F)(c2ccc(C3=CC(c4cc(Cl)cc(C(F)(F)F)c4)(C(F)(F)F)ON3)cc2)C1. The molecule has 2 aromatic carbocycles. The molecule has 198 valence electrons. The standard InChI is InChI=1S/C25H20ClF7N2O2/c26-19-9-17(8-18(10-19)24(28,29)30)23(25(31,32)33)11-20(34-37-23)14-4-6-16(7-5-14)22(27)12-35(13-22)21(36)15-2-1-3-15/h4-11,15,34H,1-3,12-13H2. The van der Waals surface area contributed by atoms with Gasteiger partial charge in [0.2, 0.25) is 11.5 Å². The highest BCUT2D eigenvalue weighted by Gasteiger charge is 2.60. The van der Waals surface area contributed by atoms with E-state index < -0.39 is 39.8 Å². The van der Waals surface area contributed by atoms with E-state index in [4.69, 9.17) is 16.4 Å². The molecule has 2 heterocycles. The van der Waals surface area contributed by atoms with Crippen LogP contribution < -0.4 is 5.48 Å². The summed E-state index contributed by atoms with van der Waals surface area (Å²) in [6.45, 7) is -0.196. The molecule has 0 bridgehead atoms. The number of benzene rings is 2. The lowest BCUT2D eigenvalue weighted by Gasteiger charge is -2.47. The van der Waals surface area contributed by atoms with Crippen molar-refractivity contribution in [3.63, 3.8) is 0 Å². The topological polar surface area (TPSA) is 41.6 Å². The predicted molar refractivity (Wildman–Crippen MR) is 120 cm³/mol. The molecule has 1 unspecified atom stereocenters. The molecular weight excluding hydrogens is 529 g/mol. The lowest BCUT2D eigenvalue weighted by atomic mass is 9.81. The van der Waals surface area contributed by atoms with E-state index in [2.05, 4.69) is 5.48 Å². The van der Waals surface area contributed by atoms with Crippen LogP contribution in [-0.4, -0.2) is 30.1 Å². The summed E-state index contributed by atoms with van der Waals surface area (Å²) >= 11 is 5.71. The van der Waals surface area contributed by atoms with Gasteiger partial charge in [0.25, 0.3) is 0 Å². The van der Waals surface area contributed by atoms with Crippen molar-refractivity contribution in [3.05, 3.63) is 75.8 Å². The number of nitrogens with zero attached hydrogens (tertiary/aromatic N) is 1. The number of carbonyl (C=O) groups excluding carboxylic acids is 1. The van der Waals surface area contributed by atoms with Crippen LogP contribution in [-0.2, 0) is 27.1 Å². The summed E-state index contributed by atoms with van der Waals surface area (Å²) in [4.78, 5) is 18.6. The third-order valence-corrected chi connectivity index (χ3v) is 7.33. The molecular formula is C25H20ClF7N2O2. The number of hydrogen-bond donors (Lipinski definition) is 1. The molecule has 12 heteroatoms. The minimum absolute atomic E-state index is 0.0482. The van der Waals surface area contributed by atoms with E-state index in [1.54, 1.807) is 0 Å². The van der Waals surface area contributed by atoms with Gasteiger partial charge in [-0.3, -0.25) is 15.1 Å². The second-order valence-corrected chi connectivity index (χ2v) is 10.0. The summed E-state index contributed by atoms with van der Waals surface area (Å²) in [6.07, 6.45) is -6.86. The van der Waals surface area contributed by atoms with Crippen LogP contribution >= 0.6 is 11.6 Å². The van der Waals surface area contributed by atoms with E-state index >= 15 is 4.39 Å². The Morgan fingerprint density at radius 1 is 1.00 bits per heavy atom. The first kappa shape index (κ1) is 25.8. The van der Waals surface area contributed by atoms with Crippen molar-refractivity contribution in [3.8, 4) is 0 Å². The minimum atomic E-state index is -5.15. The number of hydroxylamine groups is 1. The van der Waals surface area contributed by atoms with Gasteiger partial charge >= 0.3 is 12.4 Å². The Kier molecular flexibility index (Phi) is 6.02. The van der Waals surface area contributed by atoms with Crippen molar-refractivity contribution in [1.82, 2.24) is 10.4 Å². The minimum Gasteiger partial charge on any atom is -0.335 e. The second-order valence-electron chi connectivity index (χ2n) is 9.59. The van der Waals surface area contributed by atoms with Gasteiger partial charge in [0.15, 0.2) is 5.67 Å². The van der Waals surface area contributed by atoms with Gasteiger partial charge in [-0.25, -0.2) is 4.39 Å². The van der Waals surface area contributed by atoms with E-state index in [1.807, 2.05) is 0 Å². The summed E-state index contributed by atoms with van der Waals surface area (Å²) in [6, 6.07) is 7.17. The Morgan fingerprint density at radius 2 is 1.65 bits per heavy atom. The third kappa shape index (κ3) is 4.46. The predicted octanol–water partition coefficient (Wildman–Crippen LogP) is 6.50. The molecule has 1 saturated heterocycles. The van der Waals surface area contributed by atoms with E-state index in [9.17, 15) is 31.1 Å². The molecule has 37 heavy (non-hydrogen) atoms. The van der Waals surface area contributed by atoms with E-state index in [0.717, 1.165) is 25.3 Å². The van der Waals surface area contributed by atoms with Crippen LogP contribution in [0, 0.1) is 5.92 Å². The third-order valence-electron chi connectivity index (χ3n) is 7.11. The highest BCUT2D eigenvalue weighted by Crippen LogP contribution is 2.49. The van der Waals surface area contributed by atoms with Crippen LogP contribution in [0.2, 0.25) is 5.02 Å². The quantitative estimate of drug-likeness (QED) is 0.444. The van der Waals surface area contributed by atoms with Gasteiger partial charge in [-0.2, -0.15) is 26.3 Å².